The Morgan fingerprint density at radius 2 is 1.57 bits per heavy atom. The molecule has 1 heterocycles. The van der Waals surface area contributed by atoms with E-state index in [1.54, 1.807) is 0 Å². The van der Waals surface area contributed by atoms with E-state index in [1.165, 1.54) is 96.9 Å². The topological polar surface area (TPSA) is 18.5 Å². The van der Waals surface area contributed by atoms with E-state index >= 15 is 0 Å². The minimum Gasteiger partial charge on any atom is -0.314 e. The summed E-state index contributed by atoms with van der Waals surface area (Å²) in [5, 5.41) is 3.67. The van der Waals surface area contributed by atoms with Crippen LogP contribution in [0.15, 0.2) is 0 Å². The maximum absolute atomic E-state index is 3.67. The smallest absolute Gasteiger partial charge is 0.0190 e. The third kappa shape index (κ3) is 4.00. The Hall–Kier alpha value is -0.120. The van der Waals surface area contributed by atoms with Crippen LogP contribution < -0.4 is 5.32 Å². The SMILES string of the molecule is CNC1(CCN2CCN(C3CCCC3)CC2)CCCCC1. The molecule has 3 fully saturated rings. The van der Waals surface area contributed by atoms with Crippen LogP contribution in [0, 0.1) is 0 Å². The van der Waals surface area contributed by atoms with Gasteiger partial charge in [0.25, 0.3) is 0 Å². The molecule has 3 nitrogen and oxygen atoms in total. The van der Waals surface area contributed by atoms with E-state index in [-0.39, 0.29) is 0 Å². The van der Waals surface area contributed by atoms with Gasteiger partial charge in [-0.15, -0.1) is 0 Å². The van der Waals surface area contributed by atoms with Gasteiger partial charge in [-0.25, -0.2) is 0 Å². The molecule has 0 amide bonds. The average molecular weight is 293 g/mol. The highest BCUT2D eigenvalue weighted by Gasteiger charge is 2.31. The summed E-state index contributed by atoms with van der Waals surface area (Å²) in [6.45, 7) is 6.54. The van der Waals surface area contributed by atoms with Gasteiger partial charge in [0.1, 0.15) is 0 Å². The molecule has 1 saturated heterocycles. The van der Waals surface area contributed by atoms with Gasteiger partial charge in [0.05, 0.1) is 0 Å². The zero-order valence-corrected chi connectivity index (χ0v) is 14.1. The second-order valence-corrected chi connectivity index (χ2v) is 7.66. The van der Waals surface area contributed by atoms with Gasteiger partial charge in [0.2, 0.25) is 0 Å². The lowest BCUT2D eigenvalue weighted by atomic mass is 9.79. The highest BCUT2D eigenvalue weighted by molar-refractivity contribution is 4.91. The van der Waals surface area contributed by atoms with Crippen LogP contribution in [-0.4, -0.2) is 61.2 Å². The molecule has 1 aliphatic heterocycles. The number of nitrogens with zero attached hydrogens (tertiary/aromatic N) is 2. The molecular weight excluding hydrogens is 258 g/mol. The molecule has 0 aromatic carbocycles. The zero-order chi connectivity index (χ0) is 14.5. The third-order valence-corrected chi connectivity index (χ3v) is 6.50. The minimum atomic E-state index is 0.459. The summed E-state index contributed by atoms with van der Waals surface area (Å²) in [5.74, 6) is 0. The van der Waals surface area contributed by atoms with Gasteiger partial charge in [-0.05, 0) is 45.7 Å². The van der Waals surface area contributed by atoms with E-state index in [0.717, 1.165) is 6.04 Å². The Bertz CT molecular complexity index is 298. The molecule has 2 saturated carbocycles. The molecule has 0 radical (unpaired) electrons. The summed E-state index contributed by atoms with van der Waals surface area (Å²) in [6.07, 6.45) is 14.3. The molecule has 0 bridgehead atoms. The summed E-state index contributed by atoms with van der Waals surface area (Å²) in [7, 11) is 2.18. The van der Waals surface area contributed by atoms with Gasteiger partial charge in [0.15, 0.2) is 0 Å². The molecule has 3 aliphatic rings. The van der Waals surface area contributed by atoms with Crippen molar-refractivity contribution in [2.24, 2.45) is 0 Å². The van der Waals surface area contributed by atoms with Gasteiger partial charge < -0.3 is 10.2 Å². The van der Waals surface area contributed by atoms with E-state index in [2.05, 4.69) is 22.2 Å². The lowest BCUT2D eigenvalue weighted by Gasteiger charge is -2.42. The van der Waals surface area contributed by atoms with Crippen molar-refractivity contribution in [1.29, 1.82) is 0 Å². The predicted molar refractivity (Wildman–Crippen MR) is 89.8 cm³/mol. The monoisotopic (exact) mass is 293 g/mol. The molecule has 0 unspecified atom stereocenters. The lowest BCUT2D eigenvalue weighted by molar-refractivity contribution is 0.0867. The fourth-order valence-electron chi connectivity index (χ4n) is 4.85. The van der Waals surface area contributed by atoms with Crippen molar-refractivity contribution in [3.63, 3.8) is 0 Å². The van der Waals surface area contributed by atoms with E-state index in [4.69, 9.17) is 0 Å². The van der Waals surface area contributed by atoms with Gasteiger partial charge in [-0.3, -0.25) is 4.90 Å². The van der Waals surface area contributed by atoms with E-state index in [0.29, 0.717) is 5.54 Å². The first-order valence-corrected chi connectivity index (χ1v) is 9.47. The molecule has 0 atom stereocenters. The van der Waals surface area contributed by atoms with Crippen LogP contribution in [0.3, 0.4) is 0 Å². The van der Waals surface area contributed by atoms with Crippen LogP contribution in [0.4, 0.5) is 0 Å². The molecule has 122 valence electrons. The van der Waals surface area contributed by atoms with Crippen molar-refractivity contribution in [2.45, 2.75) is 75.8 Å². The Morgan fingerprint density at radius 3 is 2.19 bits per heavy atom. The second-order valence-electron chi connectivity index (χ2n) is 7.66. The summed E-state index contributed by atoms with van der Waals surface area (Å²) >= 11 is 0. The maximum atomic E-state index is 3.67. The van der Waals surface area contributed by atoms with Crippen LogP contribution >= 0.6 is 0 Å². The lowest BCUT2D eigenvalue weighted by Crippen LogP contribution is -2.52. The summed E-state index contributed by atoms with van der Waals surface area (Å²) in [4.78, 5) is 5.50. The third-order valence-electron chi connectivity index (χ3n) is 6.50. The highest BCUT2D eigenvalue weighted by Crippen LogP contribution is 2.31. The van der Waals surface area contributed by atoms with Crippen molar-refractivity contribution in [3.05, 3.63) is 0 Å². The Kier molecular flexibility index (Phi) is 5.58. The summed E-state index contributed by atoms with van der Waals surface area (Å²) in [5.41, 5.74) is 0.459. The number of hydrogen-bond donors (Lipinski definition) is 1. The Morgan fingerprint density at radius 1 is 0.905 bits per heavy atom. The van der Waals surface area contributed by atoms with Crippen molar-refractivity contribution in [2.75, 3.05) is 39.8 Å². The molecule has 3 rings (SSSR count). The van der Waals surface area contributed by atoms with Crippen LogP contribution in [0.5, 0.6) is 0 Å². The molecule has 0 aromatic heterocycles. The fraction of sp³-hybridized carbons (Fsp3) is 1.00. The van der Waals surface area contributed by atoms with Crippen LogP contribution in [0.2, 0.25) is 0 Å². The van der Waals surface area contributed by atoms with Crippen molar-refractivity contribution < 1.29 is 0 Å². The van der Waals surface area contributed by atoms with Gasteiger partial charge in [-0.1, -0.05) is 32.1 Å². The van der Waals surface area contributed by atoms with Crippen LogP contribution in [0.25, 0.3) is 0 Å². The molecule has 2 aliphatic carbocycles. The maximum Gasteiger partial charge on any atom is 0.0190 e. The van der Waals surface area contributed by atoms with Gasteiger partial charge >= 0.3 is 0 Å². The standard InChI is InChI=1S/C18H35N3/c1-19-18(9-5-2-6-10-18)11-12-20-13-15-21(16-14-20)17-7-3-4-8-17/h17,19H,2-16H2,1H3. The number of piperazine rings is 1. The minimum absolute atomic E-state index is 0.459. The van der Waals surface area contributed by atoms with E-state index < -0.39 is 0 Å². The van der Waals surface area contributed by atoms with Crippen molar-refractivity contribution in [3.8, 4) is 0 Å². The average Bonchev–Trinajstić information content (AvgIpc) is 3.09. The van der Waals surface area contributed by atoms with E-state index in [1.807, 2.05) is 0 Å². The second kappa shape index (κ2) is 7.43. The predicted octanol–water partition coefficient (Wildman–Crippen LogP) is 2.86. The van der Waals surface area contributed by atoms with Gasteiger partial charge in [-0.2, -0.15) is 0 Å². The summed E-state index contributed by atoms with van der Waals surface area (Å²) < 4.78 is 0. The normalized spacial score (nSPS) is 29.0. The molecule has 1 N–H and O–H groups in total. The Balaban J connectivity index is 1.40. The van der Waals surface area contributed by atoms with Crippen molar-refractivity contribution in [1.82, 2.24) is 15.1 Å². The first-order chi connectivity index (χ1) is 10.3. The first kappa shape index (κ1) is 15.8. The summed E-state index contributed by atoms with van der Waals surface area (Å²) in [6, 6.07) is 0.925. The molecule has 0 spiro atoms. The molecule has 3 heteroatoms. The fourth-order valence-corrected chi connectivity index (χ4v) is 4.85. The highest BCUT2D eigenvalue weighted by atomic mass is 15.3. The zero-order valence-electron chi connectivity index (χ0n) is 14.1. The molecule has 0 aromatic rings. The number of hydrogen-bond acceptors (Lipinski definition) is 3. The first-order valence-electron chi connectivity index (χ1n) is 9.47. The van der Waals surface area contributed by atoms with Crippen molar-refractivity contribution >= 4 is 0 Å². The van der Waals surface area contributed by atoms with Gasteiger partial charge in [0, 0.05) is 37.8 Å². The van der Waals surface area contributed by atoms with E-state index in [9.17, 15) is 0 Å². The van der Waals surface area contributed by atoms with Crippen LogP contribution in [0.1, 0.15) is 64.2 Å². The van der Waals surface area contributed by atoms with Crippen LogP contribution in [-0.2, 0) is 0 Å². The Labute approximate surface area is 131 Å². The molecule has 21 heavy (non-hydrogen) atoms. The number of nitrogens with one attached hydrogen (secondary N) is 1. The number of rotatable bonds is 5. The molecular formula is C18H35N3. The quantitative estimate of drug-likeness (QED) is 0.841. The largest absolute Gasteiger partial charge is 0.314 e.